The summed E-state index contributed by atoms with van der Waals surface area (Å²) < 4.78 is 0. The molecule has 2 aliphatic carbocycles. The molecule has 2 fully saturated rings. The van der Waals surface area contributed by atoms with Crippen molar-refractivity contribution in [3.8, 4) is 0 Å². The average molecular weight is 513 g/mol. The number of unbranched alkanes of at least 4 members (excludes halogenated alkanes) is 1. The molecule has 4 heteroatoms. The fourth-order valence-corrected chi connectivity index (χ4v) is 4.61. The van der Waals surface area contributed by atoms with Crippen molar-refractivity contribution in [1.29, 1.82) is 0 Å². The highest BCUT2D eigenvalue weighted by Crippen LogP contribution is 2.33. The van der Waals surface area contributed by atoms with E-state index >= 15 is 0 Å². The molecule has 3 atom stereocenters. The van der Waals surface area contributed by atoms with E-state index in [-0.39, 0.29) is 22.9 Å². The SMILES string of the molecule is CC(=NCCCCC(N=C(C)C1CC1)C(N=C(C)C(C)(C)C)C(C)CCCN=C(C)C(C)(C)C)C1CC1. The molecule has 0 saturated heterocycles. The maximum atomic E-state index is 5.44. The topological polar surface area (TPSA) is 49.4 Å². The van der Waals surface area contributed by atoms with E-state index in [9.17, 15) is 0 Å². The summed E-state index contributed by atoms with van der Waals surface area (Å²) in [7, 11) is 0. The first-order valence-electron chi connectivity index (χ1n) is 15.3. The van der Waals surface area contributed by atoms with Crippen molar-refractivity contribution in [2.24, 2.45) is 48.6 Å². The van der Waals surface area contributed by atoms with E-state index in [2.05, 4.69) is 76.2 Å². The van der Waals surface area contributed by atoms with Gasteiger partial charge in [0, 0.05) is 35.9 Å². The van der Waals surface area contributed by atoms with Gasteiger partial charge in [0.1, 0.15) is 0 Å². The van der Waals surface area contributed by atoms with E-state index in [0.29, 0.717) is 11.8 Å². The Hall–Kier alpha value is -1.32. The predicted octanol–water partition coefficient (Wildman–Crippen LogP) is 9.07. The Balaban J connectivity index is 2.14. The summed E-state index contributed by atoms with van der Waals surface area (Å²) in [6, 6.07) is 0.499. The standard InChI is InChI=1S/C33H60N4/c1-23(15-14-22-35-26(4)32(6,7)8)31(37-27(5)33(9,10)11)30(36-25(3)29-19-20-29)16-12-13-21-34-24(2)28-17-18-28/h23,28-31H,12-22H2,1-11H3. The third-order valence-electron chi connectivity index (χ3n) is 8.63. The third kappa shape index (κ3) is 11.9. The van der Waals surface area contributed by atoms with Gasteiger partial charge in [-0.25, -0.2) is 0 Å². The maximum absolute atomic E-state index is 5.44. The van der Waals surface area contributed by atoms with Crippen molar-refractivity contribution in [3.63, 3.8) is 0 Å². The lowest BCUT2D eigenvalue weighted by atomic mass is 9.86. The van der Waals surface area contributed by atoms with Crippen molar-refractivity contribution in [2.45, 2.75) is 146 Å². The second kappa shape index (κ2) is 14.2. The van der Waals surface area contributed by atoms with E-state index in [4.69, 9.17) is 20.0 Å². The van der Waals surface area contributed by atoms with Gasteiger partial charge < -0.3 is 0 Å². The van der Waals surface area contributed by atoms with Crippen LogP contribution in [0.1, 0.15) is 134 Å². The summed E-state index contributed by atoms with van der Waals surface area (Å²) in [6.07, 6.45) is 11.0. The van der Waals surface area contributed by atoms with Gasteiger partial charge in [-0.2, -0.15) is 0 Å². The second-order valence-corrected chi connectivity index (χ2v) is 14.2. The third-order valence-corrected chi connectivity index (χ3v) is 8.63. The first-order valence-corrected chi connectivity index (χ1v) is 15.3. The monoisotopic (exact) mass is 512 g/mol. The lowest BCUT2D eigenvalue weighted by Crippen LogP contribution is -2.33. The molecule has 0 amide bonds. The highest BCUT2D eigenvalue weighted by atomic mass is 14.9. The fourth-order valence-electron chi connectivity index (χ4n) is 4.61. The van der Waals surface area contributed by atoms with Gasteiger partial charge in [-0.05, 0) is 114 Å². The predicted molar refractivity (Wildman–Crippen MR) is 166 cm³/mol. The van der Waals surface area contributed by atoms with Crippen LogP contribution in [0.3, 0.4) is 0 Å². The summed E-state index contributed by atoms with van der Waals surface area (Å²) in [6.45, 7) is 26.8. The molecule has 37 heavy (non-hydrogen) atoms. The molecule has 0 aromatic rings. The minimum Gasteiger partial charge on any atom is -0.294 e. The molecule has 2 saturated carbocycles. The molecule has 0 aromatic heterocycles. The molecule has 2 rings (SSSR count). The second-order valence-electron chi connectivity index (χ2n) is 14.2. The van der Waals surface area contributed by atoms with Crippen LogP contribution in [0.5, 0.6) is 0 Å². The zero-order valence-electron chi connectivity index (χ0n) is 26.5. The van der Waals surface area contributed by atoms with Crippen LogP contribution in [0.25, 0.3) is 0 Å². The maximum Gasteiger partial charge on any atom is 0.0747 e. The zero-order chi connectivity index (χ0) is 27.8. The number of rotatable bonds is 15. The number of hydrogen-bond donors (Lipinski definition) is 0. The van der Waals surface area contributed by atoms with Crippen LogP contribution in [-0.4, -0.2) is 48.0 Å². The normalized spacial score (nSPS) is 21.3. The summed E-state index contributed by atoms with van der Waals surface area (Å²) in [5, 5.41) is 0. The first-order chi connectivity index (χ1) is 17.2. The highest BCUT2D eigenvalue weighted by Gasteiger charge is 2.31. The minimum absolute atomic E-state index is 0.0843. The van der Waals surface area contributed by atoms with Crippen molar-refractivity contribution in [3.05, 3.63) is 0 Å². The molecule has 0 spiro atoms. The van der Waals surface area contributed by atoms with Gasteiger partial charge in [0.2, 0.25) is 0 Å². The number of hydrogen-bond acceptors (Lipinski definition) is 4. The lowest BCUT2D eigenvalue weighted by Gasteiger charge is -2.30. The molecule has 0 bridgehead atoms. The van der Waals surface area contributed by atoms with Crippen LogP contribution < -0.4 is 0 Å². The molecule has 0 N–H and O–H groups in total. The summed E-state index contributed by atoms with van der Waals surface area (Å²) >= 11 is 0. The largest absolute Gasteiger partial charge is 0.294 e. The molecule has 0 aliphatic heterocycles. The molecule has 4 nitrogen and oxygen atoms in total. The first kappa shape index (κ1) is 31.9. The van der Waals surface area contributed by atoms with Gasteiger partial charge in [-0.1, -0.05) is 48.5 Å². The van der Waals surface area contributed by atoms with E-state index < -0.39 is 0 Å². The summed E-state index contributed by atoms with van der Waals surface area (Å²) in [4.78, 5) is 20.6. The van der Waals surface area contributed by atoms with Crippen molar-refractivity contribution >= 4 is 22.8 Å². The Labute approximate surface area is 230 Å². The van der Waals surface area contributed by atoms with Crippen LogP contribution >= 0.6 is 0 Å². The van der Waals surface area contributed by atoms with Crippen molar-refractivity contribution in [1.82, 2.24) is 0 Å². The minimum atomic E-state index is 0.0843. The Kier molecular flexibility index (Phi) is 12.2. The number of aliphatic imine (C=N–C) groups is 4. The van der Waals surface area contributed by atoms with Crippen molar-refractivity contribution in [2.75, 3.05) is 13.1 Å². The Morgan fingerprint density at radius 1 is 0.649 bits per heavy atom. The van der Waals surface area contributed by atoms with Crippen LogP contribution in [0.2, 0.25) is 0 Å². The van der Waals surface area contributed by atoms with E-state index in [1.807, 2.05) is 0 Å². The van der Waals surface area contributed by atoms with Crippen LogP contribution in [0.4, 0.5) is 0 Å². The molecular formula is C33H60N4. The van der Waals surface area contributed by atoms with Crippen molar-refractivity contribution < 1.29 is 0 Å². The van der Waals surface area contributed by atoms with E-state index in [1.54, 1.807) is 0 Å². The van der Waals surface area contributed by atoms with Gasteiger partial charge in [0.15, 0.2) is 0 Å². The highest BCUT2D eigenvalue weighted by molar-refractivity contribution is 5.88. The quantitative estimate of drug-likeness (QED) is 0.155. The fraction of sp³-hybridized carbons (Fsp3) is 0.879. The van der Waals surface area contributed by atoms with Crippen LogP contribution in [0.15, 0.2) is 20.0 Å². The van der Waals surface area contributed by atoms with E-state index in [0.717, 1.165) is 44.7 Å². The van der Waals surface area contributed by atoms with E-state index in [1.165, 1.54) is 55.0 Å². The lowest BCUT2D eigenvalue weighted by molar-refractivity contribution is 0.348. The molecule has 0 radical (unpaired) electrons. The van der Waals surface area contributed by atoms with Gasteiger partial charge in [0.05, 0.1) is 12.1 Å². The Morgan fingerprint density at radius 3 is 1.73 bits per heavy atom. The zero-order valence-corrected chi connectivity index (χ0v) is 26.5. The molecule has 212 valence electrons. The van der Waals surface area contributed by atoms with Gasteiger partial charge in [-0.3, -0.25) is 20.0 Å². The Bertz CT molecular complexity index is 825. The Morgan fingerprint density at radius 2 is 1.19 bits per heavy atom. The molecule has 3 unspecified atom stereocenters. The summed E-state index contributed by atoms with van der Waals surface area (Å²) in [5.41, 5.74) is 5.48. The smallest absolute Gasteiger partial charge is 0.0747 e. The molecule has 0 heterocycles. The average Bonchev–Trinajstić information content (AvgIpc) is 3.69. The number of nitrogens with zero attached hydrogens (tertiary/aromatic N) is 4. The van der Waals surface area contributed by atoms with Gasteiger partial charge in [0.25, 0.3) is 0 Å². The molecular weight excluding hydrogens is 452 g/mol. The van der Waals surface area contributed by atoms with Gasteiger partial charge in [-0.15, -0.1) is 0 Å². The van der Waals surface area contributed by atoms with Gasteiger partial charge >= 0.3 is 0 Å². The molecule has 2 aliphatic rings. The van der Waals surface area contributed by atoms with Crippen LogP contribution in [0, 0.1) is 28.6 Å². The van der Waals surface area contributed by atoms with Crippen LogP contribution in [-0.2, 0) is 0 Å². The molecule has 0 aromatic carbocycles. The summed E-state index contributed by atoms with van der Waals surface area (Å²) in [5.74, 6) is 1.99.